The second kappa shape index (κ2) is 10.7. The number of nitrogens with zero attached hydrogens (tertiary/aromatic N) is 2. The average Bonchev–Trinajstić information content (AvgIpc) is 2.74. The van der Waals surface area contributed by atoms with Crippen molar-refractivity contribution in [3.63, 3.8) is 0 Å². The Kier molecular flexibility index (Phi) is 8.52. The summed E-state index contributed by atoms with van der Waals surface area (Å²) in [5.74, 6) is 0. The van der Waals surface area contributed by atoms with E-state index in [-0.39, 0.29) is 31.0 Å². The third-order valence-corrected chi connectivity index (χ3v) is 5.45. The molecule has 0 amide bonds. The third-order valence-electron chi connectivity index (χ3n) is 4.69. The van der Waals surface area contributed by atoms with Crippen LogP contribution in [0.4, 0.5) is 0 Å². The fraction of sp³-hybridized carbons (Fsp3) is 0.0435. The molecule has 5 nitrogen and oxygen atoms in total. The standard InChI is InChI=1S/C23H19N2O3P.2ClH/c26-29(27,28)18-21-6-4-5-9-23(21)25-16-12-20(13-17-25)19-10-14-24(15-11-19)22-7-2-1-3-8-22;;/h1-17H,18H2;2*1H. The van der Waals surface area contributed by atoms with Gasteiger partial charge in [0.05, 0.1) is 6.16 Å². The summed E-state index contributed by atoms with van der Waals surface area (Å²) in [5, 5.41) is 0. The first-order valence-electron chi connectivity index (χ1n) is 9.21. The van der Waals surface area contributed by atoms with Crippen molar-refractivity contribution in [3.05, 3.63) is 109 Å². The number of halogens is 2. The Labute approximate surface area is 193 Å². The average molecular weight is 475 g/mol. The highest BCUT2D eigenvalue weighted by atomic mass is 35.5. The van der Waals surface area contributed by atoms with Crippen LogP contribution in [0.15, 0.2) is 104 Å². The van der Waals surface area contributed by atoms with Gasteiger partial charge in [-0.05, 0) is 11.1 Å². The van der Waals surface area contributed by atoms with E-state index in [0.29, 0.717) is 5.56 Å². The van der Waals surface area contributed by atoms with Gasteiger partial charge in [0.2, 0.25) is 11.4 Å². The molecule has 8 heteroatoms. The van der Waals surface area contributed by atoms with E-state index in [0.717, 1.165) is 22.5 Å². The Morgan fingerprint density at radius 2 is 1.13 bits per heavy atom. The van der Waals surface area contributed by atoms with Crippen molar-refractivity contribution in [2.24, 2.45) is 0 Å². The maximum Gasteiger partial charge on any atom is 0.330 e. The highest BCUT2D eigenvalue weighted by molar-refractivity contribution is 7.50. The molecule has 0 saturated heterocycles. The van der Waals surface area contributed by atoms with Gasteiger partial charge in [0.15, 0.2) is 24.8 Å². The molecule has 0 fully saturated rings. The molecule has 0 bridgehead atoms. The van der Waals surface area contributed by atoms with Crippen LogP contribution in [0.2, 0.25) is 0 Å². The molecule has 0 aliphatic heterocycles. The van der Waals surface area contributed by atoms with E-state index in [2.05, 4.69) is 28.8 Å². The first-order chi connectivity index (χ1) is 14.0. The topological polar surface area (TPSA) is 65.3 Å². The van der Waals surface area contributed by atoms with E-state index in [9.17, 15) is 14.4 Å². The smallest absolute Gasteiger partial charge is 0.330 e. The quantitative estimate of drug-likeness (QED) is 0.250. The number of hydrogen-bond acceptors (Lipinski definition) is 1. The molecule has 4 aromatic rings. The molecule has 0 unspecified atom stereocenters. The normalized spacial score (nSPS) is 10.6. The van der Waals surface area contributed by atoms with Crippen molar-refractivity contribution in [1.29, 1.82) is 0 Å². The van der Waals surface area contributed by atoms with Crippen LogP contribution in [0, 0.1) is 0 Å². The SMILES string of the molecule is O=P(O)(O)Cc1ccccc1-[n+]1ccc(-c2cc[n+](-c3ccccc3)cc2)cc1.[Cl-].[Cl-]. The molecule has 0 atom stereocenters. The first-order valence-corrected chi connectivity index (χ1v) is 11.0. The predicted octanol–water partition coefficient (Wildman–Crippen LogP) is -2.41. The highest BCUT2D eigenvalue weighted by Gasteiger charge is 2.20. The summed E-state index contributed by atoms with van der Waals surface area (Å²) in [6.07, 6.45) is 7.59. The Morgan fingerprint density at radius 1 is 0.645 bits per heavy atom. The second-order valence-electron chi connectivity index (χ2n) is 6.78. The molecule has 31 heavy (non-hydrogen) atoms. The summed E-state index contributed by atoms with van der Waals surface area (Å²) < 4.78 is 15.4. The van der Waals surface area contributed by atoms with Crippen LogP contribution in [0.1, 0.15) is 5.56 Å². The van der Waals surface area contributed by atoms with Gasteiger partial charge in [0, 0.05) is 48.0 Å². The Morgan fingerprint density at radius 3 is 1.68 bits per heavy atom. The molecular formula is C23H21Cl2N2O3P. The summed E-state index contributed by atoms with van der Waals surface area (Å²) in [7, 11) is -4.14. The molecule has 160 valence electrons. The maximum atomic E-state index is 11.4. The van der Waals surface area contributed by atoms with Crippen LogP contribution in [-0.4, -0.2) is 9.79 Å². The van der Waals surface area contributed by atoms with Gasteiger partial charge in [-0.1, -0.05) is 36.4 Å². The minimum absolute atomic E-state index is 0. The van der Waals surface area contributed by atoms with E-state index >= 15 is 0 Å². The Bertz CT molecular complexity index is 1170. The van der Waals surface area contributed by atoms with Crippen molar-refractivity contribution in [1.82, 2.24) is 0 Å². The van der Waals surface area contributed by atoms with Crippen LogP contribution in [0.5, 0.6) is 0 Å². The van der Waals surface area contributed by atoms with Crippen LogP contribution >= 0.6 is 7.60 Å². The summed E-state index contributed by atoms with van der Waals surface area (Å²) in [4.78, 5) is 18.7. The summed E-state index contributed by atoms with van der Waals surface area (Å²) in [6, 6.07) is 25.5. The second-order valence-corrected chi connectivity index (χ2v) is 8.42. The van der Waals surface area contributed by atoms with Gasteiger partial charge in [-0.15, -0.1) is 0 Å². The molecule has 0 radical (unpaired) electrons. The molecular weight excluding hydrogens is 454 g/mol. The number of aromatic nitrogens is 2. The van der Waals surface area contributed by atoms with Crippen molar-refractivity contribution in [3.8, 4) is 22.5 Å². The number of benzene rings is 2. The van der Waals surface area contributed by atoms with Crippen LogP contribution in [0.25, 0.3) is 22.5 Å². The van der Waals surface area contributed by atoms with Crippen LogP contribution in [-0.2, 0) is 10.7 Å². The zero-order valence-electron chi connectivity index (χ0n) is 16.4. The van der Waals surface area contributed by atoms with E-state index < -0.39 is 7.60 Å². The van der Waals surface area contributed by atoms with Gasteiger partial charge in [0.1, 0.15) is 0 Å². The van der Waals surface area contributed by atoms with Crippen LogP contribution in [0.3, 0.4) is 0 Å². The van der Waals surface area contributed by atoms with Gasteiger partial charge >= 0.3 is 7.60 Å². The summed E-state index contributed by atoms with van der Waals surface area (Å²) >= 11 is 0. The van der Waals surface area contributed by atoms with Gasteiger partial charge in [-0.25, -0.2) is 0 Å². The molecule has 2 N–H and O–H groups in total. The Balaban J connectivity index is 0.00000171. The van der Waals surface area contributed by atoms with E-state index in [1.54, 1.807) is 12.1 Å². The van der Waals surface area contributed by atoms with Crippen molar-refractivity contribution in [2.45, 2.75) is 6.16 Å². The third kappa shape index (κ3) is 6.23. The maximum absolute atomic E-state index is 11.4. The predicted molar refractivity (Wildman–Crippen MR) is 111 cm³/mol. The zero-order chi connectivity index (χ0) is 20.3. The molecule has 0 spiro atoms. The number of hydrogen-bond donors (Lipinski definition) is 2. The molecule has 2 aromatic carbocycles. The van der Waals surface area contributed by atoms with E-state index in [1.807, 2.05) is 71.8 Å². The lowest BCUT2D eigenvalue weighted by molar-refractivity contribution is -0.596. The molecule has 4 rings (SSSR count). The molecule has 0 saturated carbocycles. The van der Waals surface area contributed by atoms with Crippen LogP contribution < -0.4 is 33.9 Å². The van der Waals surface area contributed by atoms with Crippen molar-refractivity contribution >= 4 is 7.60 Å². The van der Waals surface area contributed by atoms with Gasteiger partial charge in [-0.2, -0.15) is 9.13 Å². The molecule has 2 aromatic heterocycles. The van der Waals surface area contributed by atoms with Crippen molar-refractivity contribution in [2.75, 3.05) is 0 Å². The fourth-order valence-corrected chi connectivity index (χ4v) is 4.00. The minimum Gasteiger partial charge on any atom is -1.00 e. The van der Waals surface area contributed by atoms with Crippen molar-refractivity contribution < 1.29 is 48.3 Å². The monoisotopic (exact) mass is 474 g/mol. The zero-order valence-corrected chi connectivity index (χ0v) is 18.8. The van der Waals surface area contributed by atoms with Gasteiger partial charge < -0.3 is 34.6 Å². The number of para-hydroxylation sites is 2. The van der Waals surface area contributed by atoms with Gasteiger partial charge in [-0.3, -0.25) is 4.57 Å². The fourth-order valence-electron chi connectivity index (χ4n) is 3.29. The lowest BCUT2D eigenvalue weighted by atomic mass is 10.1. The lowest BCUT2D eigenvalue weighted by Crippen LogP contribution is -3.00. The summed E-state index contributed by atoms with van der Waals surface area (Å²) in [5.41, 5.74) is 4.63. The largest absolute Gasteiger partial charge is 1.00 e. The molecule has 0 aliphatic rings. The van der Waals surface area contributed by atoms with E-state index in [4.69, 9.17) is 0 Å². The first kappa shape index (κ1) is 24.7. The summed E-state index contributed by atoms with van der Waals surface area (Å²) in [6.45, 7) is 0. The Hall–Kier alpha value is -2.53. The lowest BCUT2D eigenvalue weighted by Gasteiger charge is -2.07. The molecule has 2 heterocycles. The minimum atomic E-state index is -4.14. The van der Waals surface area contributed by atoms with Gasteiger partial charge in [0.25, 0.3) is 0 Å². The highest BCUT2D eigenvalue weighted by Crippen LogP contribution is 2.39. The van der Waals surface area contributed by atoms with E-state index in [1.165, 1.54) is 0 Å². The number of pyridine rings is 2. The number of rotatable bonds is 5. The molecule has 0 aliphatic carbocycles.